The summed E-state index contributed by atoms with van der Waals surface area (Å²) in [5.74, 6) is 0.0609. The standard InChI is InChI=1S/C18H24N4O3/c1-13-3-5-16(6-4-13)22-12-15(11-17(22)24)19-18(25)21-9-7-20(8-10-21)14(2)23/h3-6,15H,7-12H2,1-2H3,(H,19,25). The zero-order valence-electron chi connectivity index (χ0n) is 14.7. The van der Waals surface area contributed by atoms with Gasteiger partial charge in [-0.3, -0.25) is 9.59 Å². The number of aryl methyl sites for hydroxylation is 1. The van der Waals surface area contributed by atoms with E-state index in [-0.39, 0.29) is 23.9 Å². The minimum atomic E-state index is -0.188. The summed E-state index contributed by atoms with van der Waals surface area (Å²) in [5.41, 5.74) is 2.01. The first-order chi connectivity index (χ1) is 11.9. The smallest absolute Gasteiger partial charge is 0.317 e. The Morgan fingerprint density at radius 3 is 2.24 bits per heavy atom. The maximum atomic E-state index is 12.4. The van der Waals surface area contributed by atoms with Crippen LogP contribution in [-0.2, 0) is 9.59 Å². The number of nitrogens with zero attached hydrogens (tertiary/aromatic N) is 3. The van der Waals surface area contributed by atoms with Gasteiger partial charge in [0, 0.05) is 51.8 Å². The molecule has 4 amide bonds. The van der Waals surface area contributed by atoms with Gasteiger partial charge in [-0.25, -0.2) is 4.79 Å². The Balaban J connectivity index is 1.54. The van der Waals surface area contributed by atoms with Crippen molar-refractivity contribution in [2.45, 2.75) is 26.3 Å². The van der Waals surface area contributed by atoms with Crippen LogP contribution in [0.25, 0.3) is 0 Å². The van der Waals surface area contributed by atoms with E-state index in [9.17, 15) is 14.4 Å². The quantitative estimate of drug-likeness (QED) is 0.869. The maximum Gasteiger partial charge on any atom is 0.317 e. The lowest BCUT2D eigenvalue weighted by Gasteiger charge is -2.34. The molecule has 2 heterocycles. The van der Waals surface area contributed by atoms with E-state index in [4.69, 9.17) is 0 Å². The van der Waals surface area contributed by atoms with Crippen LogP contribution in [0, 0.1) is 6.92 Å². The van der Waals surface area contributed by atoms with Crippen molar-refractivity contribution in [2.24, 2.45) is 0 Å². The van der Waals surface area contributed by atoms with Crippen LogP contribution in [0.3, 0.4) is 0 Å². The molecule has 0 aliphatic carbocycles. The highest BCUT2D eigenvalue weighted by Crippen LogP contribution is 2.22. The fourth-order valence-corrected chi connectivity index (χ4v) is 3.27. The van der Waals surface area contributed by atoms with Gasteiger partial charge < -0.3 is 20.0 Å². The molecule has 0 saturated carbocycles. The van der Waals surface area contributed by atoms with Gasteiger partial charge >= 0.3 is 6.03 Å². The minimum Gasteiger partial charge on any atom is -0.339 e. The molecule has 0 radical (unpaired) electrons. The number of benzene rings is 1. The van der Waals surface area contributed by atoms with Gasteiger partial charge in [-0.1, -0.05) is 17.7 Å². The molecule has 1 atom stereocenters. The van der Waals surface area contributed by atoms with E-state index in [0.717, 1.165) is 11.3 Å². The van der Waals surface area contributed by atoms with Crippen LogP contribution in [0.2, 0.25) is 0 Å². The average Bonchev–Trinajstić information content (AvgIpc) is 2.96. The van der Waals surface area contributed by atoms with E-state index in [1.807, 2.05) is 31.2 Å². The number of anilines is 1. The predicted octanol–water partition coefficient (Wildman–Crippen LogP) is 0.974. The molecule has 0 spiro atoms. The third kappa shape index (κ3) is 3.92. The molecule has 7 heteroatoms. The molecule has 1 aromatic carbocycles. The molecule has 1 aromatic rings. The molecule has 0 bridgehead atoms. The number of amides is 4. The van der Waals surface area contributed by atoms with Crippen molar-refractivity contribution in [3.63, 3.8) is 0 Å². The van der Waals surface area contributed by atoms with Gasteiger partial charge in [-0.05, 0) is 19.1 Å². The van der Waals surface area contributed by atoms with Gasteiger partial charge in [0.25, 0.3) is 0 Å². The maximum absolute atomic E-state index is 12.4. The summed E-state index contributed by atoms with van der Waals surface area (Å²) in [7, 11) is 0. The summed E-state index contributed by atoms with van der Waals surface area (Å²) in [6.07, 6.45) is 0.313. The lowest BCUT2D eigenvalue weighted by molar-refractivity contribution is -0.130. The van der Waals surface area contributed by atoms with E-state index < -0.39 is 0 Å². The van der Waals surface area contributed by atoms with Gasteiger partial charge in [-0.2, -0.15) is 0 Å². The van der Waals surface area contributed by atoms with Gasteiger partial charge in [0.1, 0.15) is 0 Å². The zero-order chi connectivity index (χ0) is 18.0. The molecule has 7 nitrogen and oxygen atoms in total. The fourth-order valence-electron chi connectivity index (χ4n) is 3.27. The van der Waals surface area contributed by atoms with E-state index in [1.165, 1.54) is 0 Å². The highest BCUT2D eigenvalue weighted by Gasteiger charge is 2.33. The van der Waals surface area contributed by atoms with Crippen molar-refractivity contribution in [1.82, 2.24) is 15.1 Å². The molecule has 1 N–H and O–H groups in total. The Morgan fingerprint density at radius 1 is 1.04 bits per heavy atom. The highest BCUT2D eigenvalue weighted by atomic mass is 16.2. The fraction of sp³-hybridized carbons (Fsp3) is 0.500. The van der Waals surface area contributed by atoms with E-state index in [0.29, 0.717) is 39.1 Å². The Hall–Kier alpha value is -2.57. The van der Waals surface area contributed by atoms with Crippen LogP contribution in [0.4, 0.5) is 10.5 Å². The second kappa shape index (κ2) is 7.13. The summed E-state index contributed by atoms with van der Waals surface area (Å²) in [6.45, 7) is 6.19. The molecular weight excluding hydrogens is 320 g/mol. The predicted molar refractivity (Wildman–Crippen MR) is 94.3 cm³/mol. The van der Waals surface area contributed by atoms with Gasteiger partial charge in [0.2, 0.25) is 11.8 Å². The highest BCUT2D eigenvalue weighted by molar-refractivity contribution is 5.96. The number of hydrogen-bond donors (Lipinski definition) is 1. The van der Waals surface area contributed by atoms with E-state index >= 15 is 0 Å². The third-order valence-electron chi connectivity index (χ3n) is 4.81. The van der Waals surface area contributed by atoms with Crippen molar-refractivity contribution in [1.29, 1.82) is 0 Å². The second-order valence-corrected chi connectivity index (χ2v) is 6.68. The molecule has 1 unspecified atom stereocenters. The number of urea groups is 1. The first-order valence-corrected chi connectivity index (χ1v) is 8.62. The Labute approximate surface area is 147 Å². The first kappa shape index (κ1) is 17.3. The van der Waals surface area contributed by atoms with Crippen LogP contribution in [0.15, 0.2) is 24.3 Å². The van der Waals surface area contributed by atoms with Crippen molar-refractivity contribution >= 4 is 23.5 Å². The number of carbonyl (C=O) groups excluding carboxylic acids is 3. The largest absolute Gasteiger partial charge is 0.339 e. The van der Waals surface area contributed by atoms with Gasteiger partial charge in [-0.15, -0.1) is 0 Å². The zero-order valence-corrected chi connectivity index (χ0v) is 14.7. The molecule has 25 heavy (non-hydrogen) atoms. The molecule has 2 saturated heterocycles. The molecule has 2 aliphatic rings. The monoisotopic (exact) mass is 344 g/mol. The number of piperazine rings is 1. The number of rotatable bonds is 2. The summed E-state index contributed by atoms with van der Waals surface area (Å²) in [5, 5.41) is 2.96. The second-order valence-electron chi connectivity index (χ2n) is 6.68. The molecular formula is C18H24N4O3. The molecule has 3 rings (SSSR count). The molecule has 2 aliphatic heterocycles. The lowest BCUT2D eigenvalue weighted by atomic mass is 10.2. The third-order valence-corrected chi connectivity index (χ3v) is 4.81. The topological polar surface area (TPSA) is 73.0 Å². The lowest BCUT2D eigenvalue weighted by Crippen LogP contribution is -2.54. The van der Waals surface area contributed by atoms with Crippen LogP contribution < -0.4 is 10.2 Å². The Kier molecular flexibility index (Phi) is 4.92. The molecule has 2 fully saturated rings. The van der Waals surface area contributed by atoms with Gasteiger partial charge in [0.15, 0.2) is 0 Å². The van der Waals surface area contributed by atoms with Crippen molar-refractivity contribution < 1.29 is 14.4 Å². The van der Waals surface area contributed by atoms with Gasteiger partial charge in [0.05, 0.1) is 6.04 Å². The van der Waals surface area contributed by atoms with Crippen LogP contribution >= 0.6 is 0 Å². The van der Waals surface area contributed by atoms with Crippen LogP contribution in [0.5, 0.6) is 0 Å². The molecule has 0 aromatic heterocycles. The van der Waals surface area contributed by atoms with Crippen molar-refractivity contribution in [2.75, 3.05) is 37.6 Å². The van der Waals surface area contributed by atoms with Crippen molar-refractivity contribution in [3.05, 3.63) is 29.8 Å². The number of hydrogen-bond acceptors (Lipinski definition) is 3. The summed E-state index contributed by atoms with van der Waals surface area (Å²) in [4.78, 5) is 41.2. The van der Waals surface area contributed by atoms with Crippen LogP contribution in [0.1, 0.15) is 18.9 Å². The molecule has 134 valence electrons. The summed E-state index contributed by atoms with van der Waals surface area (Å²) >= 11 is 0. The van der Waals surface area contributed by atoms with Crippen molar-refractivity contribution in [3.8, 4) is 0 Å². The Morgan fingerprint density at radius 2 is 1.64 bits per heavy atom. The normalized spacial score (nSPS) is 20.8. The first-order valence-electron chi connectivity index (χ1n) is 8.62. The number of nitrogens with one attached hydrogen (secondary N) is 1. The van der Waals surface area contributed by atoms with Crippen LogP contribution in [-0.4, -0.2) is 66.4 Å². The minimum absolute atomic E-state index is 0.0237. The number of carbonyl (C=O) groups is 3. The Bertz CT molecular complexity index is 665. The van der Waals surface area contributed by atoms with E-state index in [1.54, 1.807) is 21.6 Å². The van der Waals surface area contributed by atoms with E-state index in [2.05, 4.69) is 5.32 Å². The summed E-state index contributed by atoms with van der Waals surface area (Å²) < 4.78 is 0. The summed E-state index contributed by atoms with van der Waals surface area (Å²) in [6, 6.07) is 7.46. The SMILES string of the molecule is CC(=O)N1CCN(C(=O)NC2CC(=O)N(c3ccc(C)cc3)C2)CC1. The average molecular weight is 344 g/mol.